The van der Waals surface area contributed by atoms with Gasteiger partial charge in [0.05, 0.1) is 35.7 Å². The molecule has 1 saturated carbocycles. The van der Waals surface area contributed by atoms with Crippen molar-refractivity contribution in [1.29, 1.82) is 0 Å². The van der Waals surface area contributed by atoms with E-state index in [1.54, 1.807) is 36.5 Å². The van der Waals surface area contributed by atoms with Crippen molar-refractivity contribution in [2.24, 2.45) is 0 Å². The van der Waals surface area contributed by atoms with Crippen LogP contribution in [0, 0.1) is 5.82 Å². The number of aromatic nitrogens is 2. The normalized spacial score (nSPS) is 19.7. The number of carbonyl (C=O) groups excluding carboxylic acids is 1. The molecule has 1 amide bonds. The number of aliphatic hydroxyl groups excluding tert-OH is 2. The van der Waals surface area contributed by atoms with Gasteiger partial charge in [-0.3, -0.25) is 4.79 Å². The third kappa shape index (κ3) is 5.78. The van der Waals surface area contributed by atoms with Gasteiger partial charge in [0, 0.05) is 16.5 Å². The van der Waals surface area contributed by atoms with E-state index in [0.717, 1.165) is 18.5 Å². The second-order valence-electron chi connectivity index (χ2n) is 8.98. The molecule has 1 fully saturated rings. The van der Waals surface area contributed by atoms with Gasteiger partial charge < -0.3 is 21.3 Å². The van der Waals surface area contributed by atoms with Crippen molar-refractivity contribution in [1.82, 2.24) is 15.3 Å². The smallest absolute Gasteiger partial charge is 0.254 e. The van der Waals surface area contributed by atoms with Crippen LogP contribution in [-0.2, 0) is 0 Å². The summed E-state index contributed by atoms with van der Waals surface area (Å²) >= 11 is 6.04. The highest BCUT2D eigenvalue weighted by molar-refractivity contribution is 6.30. The number of rotatable bonds is 6. The molecule has 7 nitrogen and oxygen atoms in total. The maximum atomic E-state index is 15.1. The summed E-state index contributed by atoms with van der Waals surface area (Å²) in [5, 5.41) is 23.1. The fourth-order valence-electron chi connectivity index (χ4n) is 4.44. The Morgan fingerprint density at radius 3 is 2.60 bits per heavy atom. The summed E-state index contributed by atoms with van der Waals surface area (Å²) in [5.74, 6) is -1.10. The van der Waals surface area contributed by atoms with Gasteiger partial charge in [0.25, 0.3) is 5.91 Å². The van der Waals surface area contributed by atoms with Crippen LogP contribution in [0.25, 0.3) is 11.3 Å². The monoisotopic (exact) mass is 498 g/mol. The van der Waals surface area contributed by atoms with E-state index in [2.05, 4.69) is 15.3 Å². The molecule has 184 valence electrons. The second kappa shape index (κ2) is 10.7. The van der Waals surface area contributed by atoms with E-state index >= 15 is 4.39 Å². The average Bonchev–Trinajstić information content (AvgIpc) is 2.83. The molecule has 2 unspecified atom stereocenters. The zero-order chi connectivity index (χ0) is 25.1. The molecule has 4 rings (SSSR count). The number of nitrogens with two attached hydrogens (primary N) is 1. The quantitative estimate of drug-likeness (QED) is 0.400. The summed E-state index contributed by atoms with van der Waals surface area (Å²) in [6, 6.07) is 10.1. The number of hydrogen-bond donors (Lipinski definition) is 4. The average molecular weight is 499 g/mol. The van der Waals surface area contributed by atoms with Gasteiger partial charge in [0.2, 0.25) is 0 Å². The highest BCUT2D eigenvalue weighted by Crippen LogP contribution is 2.34. The van der Waals surface area contributed by atoms with Crippen LogP contribution in [0.3, 0.4) is 0 Å². The molecular weight excluding hydrogens is 471 g/mol. The molecule has 5 N–H and O–H groups in total. The molecule has 0 bridgehead atoms. The molecule has 35 heavy (non-hydrogen) atoms. The molecule has 1 aromatic heterocycles. The third-order valence-corrected chi connectivity index (χ3v) is 6.63. The molecule has 3 aromatic rings. The summed E-state index contributed by atoms with van der Waals surface area (Å²) in [6.45, 7) is 1.53. The van der Waals surface area contributed by atoms with Crippen LogP contribution in [0.4, 0.5) is 10.2 Å². The minimum absolute atomic E-state index is 0.157. The first kappa shape index (κ1) is 25.0. The zero-order valence-corrected chi connectivity index (χ0v) is 20.0. The molecule has 0 saturated heterocycles. The minimum Gasteiger partial charge on any atom is -0.393 e. The zero-order valence-electron chi connectivity index (χ0n) is 19.3. The van der Waals surface area contributed by atoms with Gasteiger partial charge in [-0.1, -0.05) is 29.8 Å². The number of nitrogen functional groups attached to an aromatic ring is 1. The first-order valence-corrected chi connectivity index (χ1v) is 12.0. The fraction of sp³-hybridized carbons (Fsp3) is 0.346. The standard InChI is InChI=1S/C26H28ClFN4O3/c1-14(33)23(16-3-2-4-18(27)11-16)32-26(35)20-10-7-17(12-21(20)28)24-25(29)30-13-22(31-24)15-5-8-19(34)9-6-15/h2-4,7,10-15,19,23,33-34H,5-6,8-9H2,1H3,(H2,29,30)(H,32,35)/t14?,15-,19-,23?. The first-order chi connectivity index (χ1) is 16.7. The SMILES string of the molecule is CC(O)C(NC(=O)c1ccc(-c2nc([C@H]3CC[C@H](O)CC3)cnc2N)cc1F)c1cccc(Cl)c1. The lowest BCUT2D eigenvalue weighted by molar-refractivity contribution is 0.0854. The molecule has 0 aliphatic heterocycles. The molecule has 9 heteroatoms. The van der Waals surface area contributed by atoms with Crippen LogP contribution >= 0.6 is 11.6 Å². The Hall–Kier alpha value is -3.07. The number of hydrogen-bond acceptors (Lipinski definition) is 6. The Morgan fingerprint density at radius 1 is 1.20 bits per heavy atom. The maximum absolute atomic E-state index is 15.1. The number of nitrogens with one attached hydrogen (secondary N) is 1. The van der Waals surface area contributed by atoms with Gasteiger partial charge in [0.1, 0.15) is 17.3 Å². The van der Waals surface area contributed by atoms with Crippen LogP contribution in [0.15, 0.2) is 48.7 Å². The van der Waals surface area contributed by atoms with E-state index < -0.39 is 23.9 Å². The lowest BCUT2D eigenvalue weighted by Gasteiger charge is -2.25. The van der Waals surface area contributed by atoms with Crippen molar-refractivity contribution < 1.29 is 19.4 Å². The number of halogens is 2. The lowest BCUT2D eigenvalue weighted by Crippen LogP contribution is -2.35. The molecular formula is C26H28ClFN4O3. The number of amides is 1. The van der Waals surface area contributed by atoms with Crippen LogP contribution in [0.5, 0.6) is 0 Å². The molecule has 1 aliphatic carbocycles. The van der Waals surface area contributed by atoms with Gasteiger partial charge in [-0.25, -0.2) is 14.4 Å². The summed E-state index contributed by atoms with van der Waals surface area (Å²) in [6.07, 6.45) is 3.41. The van der Waals surface area contributed by atoms with E-state index in [0.29, 0.717) is 34.7 Å². The van der Waals surface area contributed by atoms with Gasteiger partial charge in [0.15, 0.2) is 0 Å². The number of anilines is 1. The van der Waals surface area contributed by atoms with E-state index in [1.165, 1.54) is 19.1 Å². The topological polar surface area (TPSA) is 121 Å². The summed E-state index contributed by atoms with van der Waals surface area (Å²) in [7, 11) is 0. The fourth-order valence-corrected chi connectivity index (χ4v) is 4.64. The Morgan fingerprint density at radius 2 is 1.94 bits per heavy atom. The van der Waals surface area contributed by atoms with Crippen LogP contribution in [-0.4, -0.2) is 38.3 Å². The van der Waals surface area contributed by atoms with Gasteiger partial charge in [-0.2, -0.15) is 0 Å². The number of benzene rings is 2. The molecule has 1 heterocycles. The van der Waals surface area contributed by atoms with E-state index in [4.69, 9.17) is 17.3 Å². The predicted octanol–water partition coefficient (Wildman–Crippen LogP) is 4.39. The van der Waals surface area contributed by atoms with Crippen molar-refractivity contribution in [3.05, 3.63) is 76.3 Å². The predicted molar refractivity (Wildman–Crippen MR) is 132 cm³/mol. The molecule has 1 aliphatic rings. The Bertz CT molecular complexity index is 1210. The van der Waals surface area contributed by atoms with Crippen molar-refractivity contribution in [2.75, 3.05) is 5.73 Å². The maximum Gasteiger partial charge on any atom is 0.254 e. The number of nitrogens with zero attached hydrogens (tertiary/aromatic N) is 2. The van der Waals surface area contributed by atoms with Crippen molar-refractivity contribution in [3.63, 3.8) is 0 Å². The van der Waals surface area contributed by atoms with E-state index in [1.807, 2.05) is 0 Å². The van der Waals surface area contributed by atoms with Crippen LogP contribution in [0.2, 0.25) is 5.02 Å². The van der Waals surface area contributed by atoms with Gasteiger partial charge >= 0.3 is 0 Å². The minimum atomic E-state index is -0.932. The molecule has 0 spiro atoms. The Labute approximate surface area is 208 Å². The largest absolute Gasteiger partial charge is 0.393 e. The third-order valence-electron chi connectivity index (χ3n) is 6.40. The van der Waals surface area contributed by atoms with Gasteiger partial charge in [-0.15, -0.1) is 0 Å². The van der Waals surface area contributed by atoms with E-state index in [-0.39, 0.29) is 23.4 Å². The first-order valence-electron chi connectivity index (χ1n) is 11.6. The number of carbonyl (C=O) groups is 1. The number of aliphatic hydroxyl groups is 2. The highest BCUT2D eigenvalue weighted by atomic mass is 35.5. The van der Waals surface area contributed by atoms with Crippen LogP contribution in [0.1, 0.15) is 66.2 Å². The Kier molecular flexibility index (Phi) is 7.64. The molecule has 2 atom stereocenters. The van der Waals surface area contributed by atoms with Crippen molar-refractivity contribution in [3.8, 4) is 11.3 Å². The second-order valence-corrected chi connectivity index (χ2v) is 9.41. The summed E-state index contributed by atoms with van der Waals surface area (Å²) in [5.41, 5.74) is 7.98. The lowest BCUT2D eigenvalue weighted by atomic mass is 9.85. The van der Waals surface area contributed by atoms with Gasteiger partial charge in [-0.05, 0) is 62.4 Å². The molecule has 2 aromatic carbocycles. The Balaban J connectivity index is 1.56. The van der Waals surface area contributed by atoms with Crippen molar-refractivity contribution in [2.45, 2.75) is 56.8 Å². The van der Waals surface area contributed by atoms with E-state index in [9.17, 15) is 15.0 Å². The summed E-state index contributed by atoms with van der Waals surface area (Å²) < 4.78 is 15.1. The van der Waals surface area contributed by atoms with Crippen molar-refractivity contribution >= 4 is 23.3 Å². The molecule has 0 radical (unpaired) electrons. The highest BCUT2D eigenvalue weighted by Gasteiger charge is 2.25. The summed E-state index contributed by atoms with van der Waals surface area (Å²) in [4.78, 5) is 21.8. The van der Waals surface area contributed by atoms with Crippen LogP contribution < -0.4 is 11.1 Å².